The van der Waals surface area contributed by atoms with E-state index in [9.17, 15) is 17.6 Å². The van der Waals surface area contributed by atoms with E-state index in [4.69, 9.17) is 5.14 Å². The molecular weight excluding hydrogens is 487 g/mol. The molecule has 0 atom stereocenters. The minimum absolute atomic E-state index is 0.0336. The van der Waals surface area contributed by atoms with Crippen LogP contribution in [0.15, 0.2) is 78.3 Å². The molecule has 36 heavy (non-hydrogen) atoms. The summed E-state index contributed by atoms with van der Waals surface area (Å²) in [5, 5.41) is 18.0. The van der Waals surface area contributed by atoms with Crippen molar-refractivity contribution in [2.45, 2.75) is 4.90 Å². The molecule has 0 radical (unpaired) electrons. The third-order valence-electron chi connectivity index (χ3n) is 5.17. The molecular formula is C23H17FN8O3S. The van der Waals surface area contributed by atoms with E-state index >= 15 is 0 Å². The first-order valence-electron chi connectivity index (χ1n) is 10.4. The number of sulfonamides is 1. The summed E-state index contributed by atoms with van der Waals surface area (Å²) in [5.41, 5.74) is 3.00. The van der Waals surface area contributed by atoms with E-state index in [0.29, 0.717) is 39.1 Å². The number of rotatable bonds is 5. The zero-order valence-corrected chi connectivity index (χ0v) is 19.1. The van der Waals surface area contributed by atoms with Crippen molar-refractivity contribution in [3.63, 3.8) is 0 Å². The number of carbonyl (C=O) groups excluding carboxylic acids is 1. The number of benzene rings is 2. The Balaban J connectivity index is 1.49. The molecule has 0 aliphatic rings. The number of carbonyl (C=O) groups is 1. The lowest BCUT2D eigenvalue weighted by molar-refractivity contribution is 0.262. The Hall–Kier alpha value is -4.75. The molecule has 11 nitrogen and oxygen atoms in total. The van der Waals surface area contributed by atoms with E-state index in [0.717, 1.165) is 0 Å². The number of nitrogens with zero attached hydrogens (tertiary/aromatic N) is 4. The highest BCUT2D eigenvalue weighted by Crippen LogP contribution is 2.31. The molecule has 2 amide bonds. The number of aromatic nitrogens is 5. The Bertz CT molecular complexity index is 1710. The highest BCUT2D eigenvalue weighted by molar-refractivity contribution is 7.89. The summed E-state index contributed by atoms with van der Waals surface area (Å²) in [4.78, 5) is 24.2. The molecule has 0 aliphatic carbocycles. The molecule has 0 saturated carbocycles. The maximum absolute atomic E-state index is 14.5. The summed E-state index contributed by atoms with van der Waals surface area (Å²) in [7, 11) is -3.88. The molecule has 0 bridgehead atoms. The fourth-order valence-electron chi connectivity index (χ4n) is 3.59. The number of halogens is 1. The van der Waals surface area contributed by atoms with Crippen LogP contribution in [-0.4, -0.2) is 39.6 Å². The van der Waals surface area contributed by atoms with Crippen molar-refractivity contribution in [2.24, 2.45) is 5.14 Å². The van der Waals surface area contributed by atoms with E-state index in [1.165, 1.54) is 43.0 Å². The fraction of sp³-hybridized carbons (Fsp3) is 0. The van der Waals surface area contributed by atoms with E-state index in [1.807, 2.05) is 0 Å². The molecule has 3 aromatic heterocycles. The molecule has 0 aliphatic heterocycles. The van der Waals surface area contributed by atoms with Crippen molar-refractivity contribution in [3.05, 3.63) is 79.3 Å². The minimum Gasteiger partial charge on any atom is -0.308 e. The van der Waals surface area contributed by atoms with Gasteiger partial charge in [0.15, 0.2) is 5.65 Å². The van der Waals surface area contributed by atoms with E-state index in [-0.39, 0.29) is 10.6 Å². The zero-order valence-electron chi connectivity index (χ0n) is 18.3. The summed E-state index contributed by atoms with van der Waals surface area (Å²) in [6, 6.07) is 11.3. The quantitative estimate of drug-likeness (QED) is 0.284. The van der Waals surface area contributed by atoms with Crippen LogP contribution in [0.3, 0.4) is 0 Å². The SMILES string of the molecule is NS(=O)(=O)c1cccc(-c2cnc3n[nH]c(-c4cc(F)cc(NC(=O)Nc5cncnc5)c4)c3c2)c1. The molecule has 3 heterocycles. The Labute approximate surface area is 203 Å². The maximum Gasteiger partial charge on any atom is 0.323 e. The first-order valence-corrected chi connectivity index (χ1v) is 11.9. The van der Waals surface area contributed by atoms with Gasteiger partial charge in [-0.3, -0.25) is 5.10 Å². The van der Waals surface area contributed by atoms with Gasteiger partial charge in [0.25, 0.3) is 0 Å². The highest BCUT2D eigenvalue weighted by atomic mass is 32.2. The van der Waals surface area contributed by atoms with Crippen molar-refractivity contribution in [3.8, 4) is 22.4 Å². The third-order valence-corrected chi connectivity index (χ3v) is 6.08. The molecule has 5 rings (SSSR count). The van der Waals surface area contributed by atoms with Crippen LogP contribution >= 0.6 is 0 Å². The summed E-state index contributed by atoms with van der Waals surface area (Å²) < 4.78 is 38.0. The van der Waals surface area contributed by atoms with Crippen molar-refractivity contribution in [2.75, 3.05) is 10.6 Å². The Morgan fingerprint density at radius 3 is 2.47 bits per heavy atom. The second-order valence-electron chi connectivity index (χ2n) is 7.70. The van der Waals surface area contributed by atoms with Crippen LogP contribution in [0.4, 0.5) is 20.6 Å². The molecule has 13 heteroatoms. The monoisotopic (exact) mass is 504 g/mol. The number of pyridine rings is 1. The Morgan fingerprint density at radius 1 is 0.917 bits per heavy atom. The van der Waals surface area contributed by atoms with Gasteiger partial charge in [0, 0.05) is 28.4 Å². The fourth-order valence-corrected chi connectivity index (χ4v) is 4.15. The number of primary sulfonamides is 1. The number of amides is 2. The Kier molecular flexibility index (Phi) is 5.83. The van der Waals surface area contributed by atoms with Gasteiger partial charge in [-0.05, 0) is 42.0 Å². The van der Waals surface area contributed by atoms with Gasteiger partial charge in [-0.2, -0.15) is 5.10 Å². The first-order chi connectivity index (χ1) is 17.3. The zero-order chi connectivity index (χ0) is 25.3. The molecule has 5 N–H and O–H groups in total. The average Bonchev–Trinajstić information content (AvgIpc) is 3.27. The van der Waals surface area contributed by atoms with E-state index in [2.05, 4.69) is 35.8 Å². The number of aromatic amines is 1. The second-order valence-corrected chi connectivity index (χ2v) is 9.26. The smallest absolute Gasteiger partial charge is 0.308 e. The van der Waals surface area contributed by atoms with Crippen LogP contribution in [0.5, 0.6) is 0 Å². The number of hydrogen-bond donors (Lipinski definition) is 4. The third kappa shape index (κ3) is 4.87. The van der Waals surface area contributed by atoms with Crippen LogP contribution in [0.2, 0.25) is 0 Å². The molecule has 180 valence electrons. The topological polar surface area (TPSA) is 169 Å². The lowest BCUT2D eigenvalue weighted by atomic mass is 10.0. The number of H-pyrrole nitrogens is 1. The lowest BCUT2D eigenvalue weighted by Crippen LogP contribution is -2.19. The number of nitrogens with one attached hydrogen (secondary N) is 3. The highest BCUT2D eigenvalue weighted by Gasteiger charge is 2.15. The van der Waals surface area contributed by atoms with Crippen molar-refractivity contribution >= 4 is 38.5 Å². The average molecular weight is 505 g/mol. The van der Waals surface area contributed by atoms with Crippen LogP contribution in [0.1, 0.15) is 0 Å². The minimum atomic E-state index is -3.88. The molecule has 0 saturated heterocycles. The van der Waals surface area contributed by atoms with Gasteiger partial charge in [-0.1, -0.05) is 12.1 Å². The number of nitrogens with two attached hydrogens (primary N) is 1. The van der Waals surface area contributed by atoms with Gasteiger partial charge in [0.1, 0.15) is 12.1 Å². The number of anilines is 2. The number of fused-ring (bicyclic) bond motifs is 1. The van der Waals surface area contributed by atoms with Gasteiger partial charge < -0.3 is 10.6 Å². The summed E-state index contributed by atoms with van der Waals surface area (Å²) in [6.07, 6.45) is 5.71. The molecule has 0 fully saturated rings. The molecule has 5 aromatic rings. The van der Waals surface area contributed by atoms with Gasteiger partial charge in [0.2, 0.25) is 10.0 Å². The Morgan fingerprint density at radius 2 is 1.69 bits per heavy atom. The largest absolute Gasteiger partial charge is 0.323 e. The van der Waals surface area contributed by atoms with Crippen LogP contribution < -0.4 is 15.8 Å². The first kappa shape index (κ1) is 23.0. The summed E-state index contributed by atoms with van der Waals surface area (Å²) in [6.45, 7) is 0. The van der Waals surface area contributed by atoms with Crippen molar-refractivity contribution < 1.29 is 17.6 Å². The van der Waals surface area contributed by atoms with E-state index < -0.39 is 21.9 Å². The van der Waals surface area contributed by atoms with Gasteiger partial charge in [0.05, 0.1) is 28.7 Å². The lowest BCUT2D eigenvalue weighted by Gasteiger charge is -2.09. The van der Waals surface area contributed by atoms with Crippen LogP contribution in [0, 0.1) is 5.82 Å². The van der Waals surface area contributed by atoms with Crippen molar-refractivity contribution in [1.29, 1.82) is 0 Å². The maximum atomic E-state index is 14.5. The second kappa shape index (κ2) is 9.13. The predicted molar refractivity (Wildman–Crippen MR) is 131 cm³/mol. The van der Waals surface area contributed by atoms with Gasteiger partial charge in [-0.25, -0.2) is 37.7 Å². The summed E-state index contributed by atoms with van der Waals surface area (Å²) >= 11 is 0. The predicted octanol–water partition coefficient (Wildman–Crippen LogP) is 3.51. The number of hydrogen-bond acceptors (Lipinski definition) is 7. The standard InChI is InChI=1S/C23H17FN8O3S/c24-16-4-14(5-17(8-16)29-23(33)30-18-10-26-12-27-11-18)21-20-7-15(9-28-22(20)32-31-21)13-2-1-3-19(6-13)36(25,34)35/h1-12H,(H2,25,34,35)(H,28,31,32)(H2,29,30,33). The number of urea groups is 1. The summed E-state index contributed by atoms with van der Waals surface area (Å²) in [5.74, 6) is -0.585. The molecule has 2 aromatic carbocycles. The molecule has 0 unspecified atom stereocenters. The normalized spacial score (nSPS) is 11.4. The van der Waals surface area contributed by atoms with Gasteiger partial charge >= 0.3 is 6.03 Å². The van der Waals surface area contributed by atoms with Crippen LogP contribution in [0.25, 0.3) is 33.4 Å². The van der Waals surface area contributed by atoms with Crippen molar-refractivity contribution in [1.82, 2.24) is 25.1 Å². The molecule has 0 spiro atoms. The van der Waals surface area contributed by atoms with E-state index in [1.54, 1.807) is 30.5 Å². The van der Waals surface area contributed by atoms with Gasteiger partial charge in [-0.15, -0.1) is 0 Å². The van der Waals surface area contributed by atoms with Crippen LogP contribution in [-0.2, 0) is 10.0 Å².